The number of non-ortho nitro benzene ring substituents is 1. The first-order chi connectivity index (χ1) is 11.4. The van der Waals surface area contributed by atoms with Crippen LogP contribution in [0, 0.1) is 13.7 Å². The fraction of sp³-hybridized carbons (Fsp3) is 0. The van der Waals surface area contributed by atoms with Gasteiger partial charge in [0, 0.05) is 26.8 Å². The lowest BCUT2D eigenvalue weighted by Crippen LogP contribution is -2.20. The van der Waals surface area contributed by atoms with Crippen LogP contribution in [0.4, 0.5) is 11.4 Å². The summed E-state index contributed by atoms with van der Waals surface area (Å²) in [5, 5.41) is 13.7. The van der Waals surface area contributed by atoms with Crippen molar-refractivity contribution >= 4 is 50.8 Å². The monoisotopic (exact) mass is 436 g/mol. The summed E-state index contributed by atoms with van der Waals surface area (Å²) in [4.78, 5) is 34.5. The first-order valence-corrected chi connectivity index (χ1v) is 7.81. The van der Waals surface area contributed by atoms with Gasteiger partial charge in [-0.15, -0.1) is 0 Å². The minimum atomic E-state index is -0.806. The number of nitrogens with zero attached hydrogens (tertiary/aromatic N) is 1. The van der Waals surface area contributed by atoms with E-state index in [-0.39, 0.29) is 16.8 Å². The molecule has 0 aliphatic heterocycles. The average Bonchev–Trinajstić information content (AvgIpc) is 2.55. The zero-order valence-corrected chi connectivity index (χ0v) is 14.1. The summed E-state index contributed by atoms with van der Waals surface area (Å²) in [6, 6.07) is 12.1. The Hall–Kier alpha value is -2.75. The third kappa shape index (κ3) is 3.27. The van der Waals surface area contributed by atoms with Crippen molar-refractivity contribution in [2.75, 3.05) is 5.32 Å². The maximum Gasteiger partial charge on any atom is 0.349 e. The van der Waals surface area contributed by atoms with Crippen molar-refractivity contribution in [3.8, 4) is 0 Å². The molecule has 0 spiro atoms. The van der Waals surface area contributed by atoms with Crippen LogP contribution in [0.25, 0.3) is 11.0 Å². The van der Waals surface area contributed by atoms with E-state index in [0.29, 0.717) is 11.1 Å². The first kappa shape index (κ1) is 16.1. The summed E-state index contributed by atoms with van der Waals surface area (Å²) in [7, 11) is 0. The quantitative estimate of drug-likeness (QED) is 0.293. The molecule has 1 aromatic heterocycles. The Morgan fingerprint density at radius 3 is 2.50 bits per heavy atom. The van der Waals surface area contributed by atoms with Gasteiger partial charge >= 0.3 is 5.63 Å². The molecule has 8 heteroatoms. The Balaban J connectivity index is 1.99. The number of rotatable bonds is 3. The predicted molar refractivity (Wildman–Crippen MR) is 96.3 cm³/mol. The number of anilines is 1. The summed E-state index contributed by atoms with van der Waals surface area (Å²) in [6.45, 7) is 0. The van der Waals surface area contributed by atoms with E-state index in [1.165, 1.54) is 24.3 Å². The Kier molecular flexibility index (Phi) is 4.30. The van der Waals surface area contributed by atoms with E-state index in [4.69, 9.17) is 4.42 Å². The maximum absolute atomic E-state index is 12.3. The predicted octanol–water partition coefficient (Wildman–Crippen LogP) is 3.56. The molecule has 7 nitrogen and oxygen atoms in total. The van der Waals surface area contributed by atoms with Crippen molar-refractivity contribution in [1.82, 2.24) is 0 Å². The molecule has 2 aromatic carbocycles. The van der Waals surface area contributed by atoms with Crippen molar-refractivity contribution in [2.45, 2.75) is 0 Å². The molecule has 0 aliphatic rings. The number of nitro benzene ring substituents is 1. The summed E-state index contributed by atoms with van der Waals surface area (Å²) >= 11 is 2.13. The molecule has 0 aliphatic carbocycles. The number of nitrogens with one attached hydrogen (secondary N) is 1. The molecule has 0 saturated carbocycles. The highest BCUT2D eigenvalue weighted by Gasteiger charge is 2.16. The normalized spacial score (nSPS) is 10.5. The van der Waals surface area contributed by atoms with Gasteiger partial charge < -0.3 is 9.73 Å². The van der Waals surface area contributed by atoms with Crippen LogP contribution >= 0.6 is 22.6 Å². The molecule has 0 bridgehead atoms. The van der Waals surface area contributed by atoms with E-state index in [2.05, 4.69) is 27.9 Å². The van der Waals surface area contributed by atoms with Gasteiger partial charge in [0.05, 0.1) is 4.92 Å². The van der Waals surface area contributed by atoms with E-state index in [1.54, 1.807) is 12.1 Å². The number of carbonyl (C=O) groups excluding carboxylic acids is 1. The lowest BCUT2D eigenvalue weighted by Gasteiger charge is -2.05. The van der Waals surface area contributed by atoms with Crippen LogP contribution in [-0.2, 0) is 0 Å². The summed E-state index contributed by atoms with van der Waals surface area (Å²) in [5.74, 6) is -0.640. The van der Waals surface area contributed by atoms with Gasteiger partial charge in [0.2, 0.25) is 0 Å². The largest absolute Gasteiger partial charge is 0.422 e. The number of hydrogen-bond acceptors (Lipinski definition) is 5. The van der Waals surface area contributed by atoms with Gasteiger partial charge in [-0.1, -0.05) is 0 Å². The van der Waals surface area contributed by atoms with Crippen LogP contribution in [0.2, 0.25) is 0 Å². The second-order valence-electron chi connectivity index (χ2n) is 4.89. The number of hydrogen-bond donors (Lipinski definition) is 1. The van der Waals surface area contributed by atoms with Gasteiger partial charge in [-0.05, 0) is 59.0 Å². The summed E-state index contributed by atoms with van der Waals surface area (Å²) < 4.78 is 6.07. The fourth-order valence-electron chi connectivity index (χ4n) is 2.11. The molecule has 0 radical (unpaired) electrons. The minimum absolute atomic E-state index is 0.152. The molecule has 0 atom stereocenters. The third-order valence-corrected chi connectivity index (χ3v) is 3.99. The van der Waals surface area contributed by atoms with Crippen LogP contribution < -0.4 is 10.9 Å². The van der Waals surface area contributed by atoms with Crippen LogP contribution in [0.15, 0.2) is 57.7 Å². The van der Waals surface area contributed by atoms with E-state index < -0.39 is 16.5 Å². The molecule has 3 rings (SSSR count). The second-order valence-corrected chi connectivity index (χ2v) is 6.13. The number of halogens is 1. The number of amides is 1. The van der Waals surface area contributed by atoms with E-state index >= 15 is 0 Å². The molecule has 0 fully saturated rings. The molecule has 1 heterocycles. The van der Waals surface area contributed by atoms with Gasteiger partial charge in [-0.25, -0.2) is 4.79 Å². The number of benzene rings is 2. The molecular formula is C16H9IN2O5. The van der Waals surface area contributed by atoms with Crippen molar-refractivity contribution in [2.24, 2.45) is 0 Å². The Bertz CT molecular complexity index is 1010. The SMILES string of the molecule is O=C(Nc1ccc(I)cc1)c1cc2cc([N+](=O)[O-])ccc2oc1=O. The molecule has 0 unspecified atom stereocenters. The Labute approximate surface area is 148 Å². The van der Waals surface area contributed by atoms with Gasteiger partial charge in [0.1, 0.15) is 11.1 Å². The first-order valence-electron chi connectivity index (χ1n) is 6.73. The summed E-state index contributed by atoms with van der Waals surface area (Å²) in [6.07, 6.45) is 0. The zero-order valence-electron chi connectivity index (χ0n) is 12.0. The van der Waals surface area contributed by atoms with Crippen LogP contribution in [0.5, 0.6) is 0 Å². The minimum Gasteiger partial charge on any atom is -0.422 e. The number of nitro groups is 1. The number of fused-ring (bicyclic) bond motifs is 1. The molecule has 24 heavy (non-hydrogen) atoms. The van der Waals surface area contributed by atoms with Crippen LogP contribution in [-0.4, -0.2) is 10.8 Å². The highest BCUT2D eigenvalue weighted by atomic mass is 127. The molecule has 0 saturated heterocycles. The Morgan fingerprint density at radius 2 is 1.83 bits per heavy atom. The van der Waals surface area contributed by atoms with Crippen LogP contribution in [0.3, 0.4) is 0 Å². The van der Waals surface area contributed by atoms with Gasteiger partial charge in [-0.2, -0.15) is 0 Å². The highest BCUT2D eigenvalue weighted by molar-refractivity contribution is 14.1. The van der Waals surface area contributed by atoms with Gasteiger partial charge in [0.15, 0.2) is 0 Å². The van der Waals surface area contributed by atoms with Gasteiger partial charge in [-0.3, -0.25) is 14.9 Å². The highest BCUT2D eigenvalue weighted by Crippen LogP contribution is 2.21. The lowest BCUT2D eigenvalue weighted by molar-refractivity contribution is -0.384. The van der Waals surface area contributed by atoms with Crippen molar-refractivity contribution in [1.29, 1.82) is 0 Å². The molecule has 1 N–H and O–H groups in total. The number of carbonyl (C=O) groups is 1. The zero-order chi connectivity index (χ0) is 17.3. The van der Waals surface area contributed by atoms with Crippen molar-refractivity contribution in [3.63, 3.8) is 0 Å². The van der Waals surface area contributed by atoms with E-state index in [9.17, 15) is 19.7 Å². The summed E-state index contributed by atoms with van der Waals surface area (Å²) in [5.41, 5.74) is -0.475. The van der Waals surface area contributed by atoms with E-state index in [0.717, 1.165) is 3.57 Å². The molecule has 3 aromatic rings. The third-order valence-electron chi connectivity index (χ3n) is 3.27. The van der Waals surface area contributed by atoms with Crippen molar-refractivity contribution in [3.05, 3.63) is 78.2 Å². The lowest BCUT2D eigenvalue weighted by atomic mass is 10.1. The molecule has 1 amide bonds. The topological polar surface area (TPSA) is 102 Å². The average molecular weight is 436 g/mol. The Morgan fingerprint density at radius 1 is 1.12 bits per heavy atom. The molecular weight excluding hydrogens is 427 g/mol. The smallest absolute Gasteiger partial charge is 0.349 e. The van der Waals surface area contributed by atoms with Crippen molar-refractivity contribution < 1.29 is 14.1 Å². The van der Waals surface area contributed by atoms with E-state index in [1.807, 2.05) is 12.1 Å². The standard InChI is InChI=1S/C16H9IN2O5/c17-10-1-3-11(4-2-10)18-15(20)13-8-9-7-12(19(22)23)5-6-14(9)24-16(13)21/h1-8H,(H,18,20). The van der Waals surface area contributed by atoms with Crippen LogP contribution in [0.1, 0.15) is 10.4 Å². The van der Waals surface area contributed by atoms with Gasteiger partial charge in [0.25, 0.3) is 11.6 Å². The molecule has 120 valence electrons. The maximum atomic E-state index is 12.3. The second kappa shape index (κ2) is 6.40. The fourth-order valence-corrected chi connectivity index (χ4v) is 2.47.